The summed E-state index contributed by atoms with van der Waals surface area (Å²) in [5.41, 5.74) is 2.09. The number of nitrogens with one attached hydrogen (secondary N) is 3. The Bertz CT molecular complexity index is 719. The van der Waals surface area contributed by atoms with Gasteiger partial charge in [-0.25, -0.2) is 4.79 Å². The first-order valence-electron chi connectivity index (χ1n) is 9.75. The second kappa shape index (κ2) is 9.90. The lowest BCUT2D eigenvalue weighted by Gasteiger charge is -2.32. The molecular weight excluding hydrogens is 352 g/mol. The minimum Gasteiger partial charge on any atom is -0.358 e. The lowest BCUT2D eigenvalue weighted by molar-refractivity contribution is -0.122. The Hall–Kier alpha value is -2.86. The van der Waals surface area contributed by atoms with Crippen molar-refractivity contribution in [3.8, 4) is 0 Å². The Kier molecular flexibility index (Phi) is 7.03. The van der Waals surface area contributed by atoms with Gasteiger partial charge >= 0.3 is 6.03 Å². The van der Waals surface area contributed by atoms with Crippen molar-refractivity contribution in [2.24, 2.45) is 0 Å². The molecule has 1 fully saturated rings. The van der Waals surface area contributed by atoms with Gasteiger partial charge in [-0.05, 0) is 24.0 Å². The average molecular weight is 380 g/mol. The van der Waals surface area contributed by atoms with Crippen LogP contribution in [0.25, 0.3) is 0 Å². The molecule has 0 atom stereocenters. The highest BCUT2D eigenvalue weighted by atomic mass is 16.2. The van der Waals surface area contributed by atoms with E-state index in [9.17, 15) is 9.59 Å². The summed E-state index contributed by atoms with van der Waals surface area (Å²) in [6, 6.07) is 19.7. The van der Waals surface area contributed by atoms with Crippen molar-refractivity contribution >= 4 is 11.9 Å². The molecule has 6 nitrogen and oxygen atoms in total. The molecule has 1 aliphatic rings. The third kappa shape index (κ3) is 5.57. The van der Waals surface area contributed by atoms with E-state index in [2.05, 4.69) is 20.9 Å². The van der Waals surface area contributed by atoms with Gasteiger partial charge in [0.2, 0.25) is 5.91 Å². The Morgan fingerprint density at radius 3 is 2.00 bits per heavy atom. The first-order chi connectivity index (χ1) is 13.7. The molecule has 148 valence electrons. The van der Waals surface area contributed by atoms with Crippen molar-refractivity contribution in [2.45, 2.75) is 24.9 Å². The topological polar surface area (TPSA) is 73.5 Å². The fraction of sp³-hybridized carbons (Fsp3) is 0.364. The highest BCUT2D eigenvalue weighted by Crippen LogP contribution is 2.21. The summed E-state index contributed by atoms with van der Waals surface area (Å²) in [5, 5.41) is 8.87. The summed E-state index contributed by atoms with van der Waals surface area (Å²) < 4.78 is 0. The van der Waals surface area contributed by atoms with Gasteiger partial charge in [0.1, 0.15) is 0 Å². The molecule has 1 heterocycles. The van der Waals surface area contributed by atoms with Crippen LogP contribution in [0.1, 0.15) is 30.0 Å². The minimum absolute atomic E-state index is 0.0257. The monoisotopic (exact) mass is 380 g/mol. The van der Waals surface area contributed by atoms with Crippen molar-refractivity contribution in [2.75, 3.05) is 26.7 Å². The SMILES string of the molecule is CNC(=O)CN1CCC(NC(=O)NC(c2ccccc2)c2ccccc2)CC1. The summed E-state index contributed by atoms with van der Waals surface area (Å²) in [6.45, 7) is 2.03. The van der Waals surface area contributed by atoms with Crippen LogP contribution in [0.15, 0.2) is 60.7 Å². The molecule has 2 aromatic rings. The van der Waals surface area contributed by atoms with Crippen LogP contribution < -0.4 is 16.0 Å². The van der Waals surface area contributed by atoms with Crippen molar-refractivity contribution in [3.63, 3.8) is 0 Å². The quantitative estimate of drug-likeness (QED) is 0.720. The Balaban J connectivity index is 1.57. The Morgan fingerprint density at radius 1 is 0.964 bits per heavy atom. The molecule has 0 unspecified atom stereocenters. The predicted octanol–water partition coefficient (Wildman–Crippen LogP) is 2.29. The zero-order valence-electron chi connectivity index (χ0n) is 16.2. The van der Waals surface area contributed by atoms with Gasteiger partial charge < -0.3 is 16.0 Å². The summed E-state index contributed by atoms with van der Waals surface area (Å²) in [5.74, 6) is 0.0257. The lowest BCUT2D eigenvalue weighted by Crippen LogP contribution is -2.49. The molecule has 6 heteroatoms. The number of urea groups is 1. The maximum atomic E-state index is 12.7. The number of benzene rings is 2. The fourth-order valence-corrected chi connectivity index (χ4v) is 3.53. The molecule has 3 rings (SSSR count). The molecule has 28 heavy (non-hydrogen) atoms. The normalized spacial score (nSPS) is 15.2. The molecule has 1 aliphatic heterocycles. The number of hydrogen-bond acceptors (Lipinski definition) is 3. The van der Waals surface area contributed by atoms with Crippen molar-refractivity contribution in [1.29, 1.82) is 0 Å². The standard InChI is InChI=1S/C22H28N4O2/c1-23-20(27)16-26-14-12-19(13-15-26)24-22(28)25-21(17-8-4-2-5-9-17)18-10-6-3-7-11-18/h2-11,19,21H,12-16H2,1H3,(H,23,27)(H2,24,25,28). The van der Waals surface area contributed by atoms with Crippen LogP contribution in [-0.2, 0) is 4.79 Å². The number of carbonyl (C=O) groups excluding carboxylic acids is 2. The van der Waals surface area contributed by atoms with Gasteiger partial charge in [0, 0.05) is 26.2 Å². The highest BCUT2D eigenvalue weighted by Gasteiger charge is 2.23. The molecule has 0 aliphatic carbocycles. The summed E-state index contributed by atoms with van der Waals surface area (Å²) in [6.07, 6.45) is 1.68. The van der Waals surface area contributed by atoms with Crippen molar-refractivity contribution < 1.29 is 9.59 Å². The number of rotatable bonds is 6. The van der Waals surface area contributed by atoms with Gasteiger partial charge in [-0.15, -0.1) is 0 Å². The van der Waals surface area contributed by atoms with E-state index in [0.29, 0.717) is 6.54 Å². The van der Waals surface area contributed by atoms with Gasteiger partial charge in [0.25, 0.3) is 0 Å². The fourth-order valence-electron chi connectivity index (χ4n) is 3.53. The number of likely N-dealkylation sites (N-methyl/N-ethyl adjacent to an activating group) is 1. The van der Waals surface area contributed by atoms with E-state index in [1.54, 1.807) is 7.05 Å². The third-order valence-electron chi connectivity index (χ3n) is 5.11. The largest absolute Gasteiger partial charge is 0.358 e. The molecular formula is C22H28N4O2. The van der Waals surface area contributed by atoms with Crippen molar-refractivity contribution in [1.82, 2.24) is 20.9 Å². The van der Waals surface area contributed by atoms with E-state index < -0.39 is 0 Å². The molecule has 0 radical (unpaired) electrons. The van der Waals surface area contributed by atoms with Crippen molar-refractivity contribution in [3.05, 3.63) is 71.8 Å². The second-order valence-electron chi connectivity index (χ2n) is 7.10. The number of amides is 3. The number of likely N-dealkylation sites (tertiary alicyclic amines) is 1. The van der Waals surface area contributed by atoms with E-state index >= 15 is 0 Å². The number of piperidine rings is 1. The molecule has 0 bridgehead atoms. The summed E-state index contributed by atoms with van der Waals surface area (Å²) in [4.78, 5) is 26.3. The van der Waals surface area contributed by atoms with Gasteiger partial charge in [-0.1, -0.05) is 60.7 Å². The van der Waals surface area contributed by atoms with Gasteiger partial charge in [0.05, 0.1) is 12.6 Å². The Morgan fingerprint density at radius 2 is 1.50 bits per heavy atom. The molecule has 3 amide bonds. The summed E-state index contributed by atoms with van der Waals surface area (Å²) >= 11 is 0. The third-order valence-corrected chi connectivity index (χ3v) is 5.11. The van der Waals surface area contributed by atoms with Crippen LogP contribution in [-0.4, -0.2) is 49.6 Å². The van der Waals surface area contributed by atoms with Crippen LogP contribution in [0.4, 0.5) is 4.79 Å². The number of carbonyl (C=O) groups is 2. The van der Waals surface area contributed by atoms with Crippen LogP contribution >= 0.6 is 0 Å². The molecule has 0 aromatic heterocycles. The molecule has 1 saturated heterocycles. The predicted molar refractivity (Wildman–Crippen MR) is 110 cm³/mol. The van der Waals surface area contributed by atoms with E-state index in [-0.39, 0.29) is 24.0 Å². The van der Waals surface area contributed by atoms with E-state index in [4.69, 9.17) is 0 Å². The molecule has 0 spiro atoms. The first-order valence-corrected chi connectivity index (χ1v) is 9.75. The highest BCUT2D eigenvalue weighted by molar-refractivity contribution is 5.77. The summed E-state index contributed by atoms with van der Waals surface area (Å²) in [7, 11) is 1.65. The zero-order valence-corrected chi connectivity index (χ0v) is 16.2. The van der Waals surface area contributed by atoms with E-state index in [1.807, 2.05) is 60.7 Å². The lowest BCUT2D eigenvalue weighted by atomic mass is 9.99. The van der Waals surface area contributed by atoms with Gasteiger partial charge in [0.15, 0.2) is 0 Å². The van der Waals surface area contributed by atoms with Gasteiger partial charge in [-0.2, -0.15) is 0 Å². The van der Waals surface area contributed by atoms with Crippen LogP contribution in [0.2, 0.25) is 0 Å². The maximum absolute atomic E-state index is 12.7. The first kappa shape index (κ1) is 19.9. The second-order valence-corrected chi connectivity index (χ2v) is 7.10. The van der Waals surface area contributed by atoms with Crippen LogP contribution in [0.5, 0.6) is 0 Å². The minimum atomic E-state index is -0.198. The molecule has 2 aromatic carbocycles. The van der Waals surface area contributed by atoms with E-state index in [1.165, 1.54) is 0 Å². The smallest absolute Gasteiger partial charge is 0.315 e. The maximum Gasteiger partial charge on any atom is 0.315 e. The average Bonchev–Trinajstić information content (AvgIpc) is 2.74. The molecule has 0 saturated carbocycles. The number of nitrogens with zero attached hydrogens (tertiary/aromatic N) is 1. The molecule has 3 N–H and O–H groups in total. The van der Waals surface area contributed by atoms with Crippen LogP contribution in [0, 0.1) is 0 Å². The van der Waals surface area contributed by atoms with Crippen LogP contribution in [0.3, 0.4) is 0 Å². The van der Waals surface area contributed by atoms with Gasteiger partial charge in [-0.3, -0.25) is 9.69 Å². The zero-order chi connectivity index (χ0) is 19.8. The van der Waals surface area contributed by atoms with E-state index in [0.717, 1.165) is 37.1 Å². The number of hydrogen-bond donors (Lipinski definition) is 3. The Labute approximate surface area is 166 Å².